The van der Waals surface area contributed by atoms with Crippen molar-refractivity contribution < 1.29 is 19.5 Å². The molecule has 0 aromatic carbocycles. The van der Waals surface area contributed by atoms with Gasteiger partial charge in [0.2, 0.25) is 0 Å². The molecule has 3 saturated carbocycles. The number of hydrogen-bond donors (Lipinski definition) is 2. The molecule has 156 valence electrons. The van der Waals surface area contributed by atoms with E-state index >= 15 is 0 Å². The summed E-state index contributed by atoms with van der Waals surface area (Å²) in [7, 11) is 0. The highest BCUT2D eigenvalue weighted by atomic mass is 16.5. The first-order chi connectivity index (χ1) is 13.2. The van der Waals surface area contributed by atoms with Gasteiger partial charge in [0.15, 0.2) is 0 Å². The minimum atomic E-state index is -0.365. The Balaban J connectivity index is 0.000000282. The van der Waals surface area contributed by atoms with Crippen molar-refractivity contribution in [2.24, 2.45) is 23.7 Å². The number of ether oxygens (including phenoxy) is 2. The predicted molar refractivity (Wildman–Crippen MR) is 107 cm³/mol. The molecular formula is C22H39NO4. The van der Waals surface area contributed by atoms with Gasteiger partial charge >= 0.3 is 5.97 Å². The summed E-state index contributed by atoms with van der Waals surface area (Å²) in [5, 5.41) is 6.50. The van der Waals surface area contributed by atoms with E-state index in [0.717, 1.165) is 18.4 Å². The van der Waals surface area contributed by atoms with Crippen LogP contribution in [0.4, 0.5) is 0 Å². The maximum Gasteiger partial charge on any atom is 0.384 e. The second kappa shape index (κ2) is 14.9. The number of hydrogen-bond acceptors (Lipinski definition) is 5. The van der Waals surface area contributed by atoms with Crippen LogP contribution in [0.25, 0.3) is 0 Å². The van der Waals surface area contributed by atoms with E-state index in [-0.39, 0.29) is 5.97 Å². The molecule has 5 heteroatoms. The van der Waals surface area contributed by atoms with Gasteiger partial charge in [0, 0.05) is 18.4 Å². The molecule has 3 unspecified atom stereocenters. The molecule has 0 aliphatic heterocycles. The van der Waals surface area contributed by atoms with E-state index in [9.17, 15) is 4.79 Å². The quantitative estimate of drug-likeness (QED) is 0.326. The highest BCUT2D eigenvalue weighted by Crippen LogP contribution is 2.43. The minimum Gasteiger partial charge on any atom is -0.456 e. The van der Waals surface area contributed by atoms with E-state index in [4.69, 9.17) is 14.7 Å². The van der Waals surface area contributed by atoms with Crippen LogP contribution in [0.15, 0.2) is 0 Å². The fraction of sp³-hybridized carbons (Fsp3) is 0.864. The molecule has 0 spiro atoms. The van der Waals surface area contributed by atoms with E-state index in [1.165, 1.54) is 70.6 Å². The van der Waals surface area contributed by atoms with Gasteiger partial charge in [0.25, 0.3) is 0 Å². The summed E-state index contributed by atoms with van der Waals surface area (Å²) >= 11 is 0. The molecule has 27 heavy (non-hydrogen) atoms. The fourth-order valence-corrected chi connectivity index (χ4v) is 4.63. The SMILES string of the molecule is CCOC(=O)C#CC1CCC2CCCC2C1.CCOC1CCCCC1.NO. The lowest BCUT2D eigenvalue weighted by Gasteiger charge is -2.28. The van der Waals surface area contributed by atoms with E-state index in [1.54, 1.807) is 0 Å². The van der Waals surface area contributed by atoms with Crippen molar-refractivity contribution in [3.63, 3.8) is 0 Å². The lowest BCUT2D eigenvalue weighted by atomic mass is 9.76. The van der Waals surface area contributed by atoms with Crippen LogP contribution in [0.2, 0.25) is 0 Å². The standard InChI is InChI=1S/C14H20O2.C8H16O.H3NO/c1-2-16-14(15)9-7-11-6-8-12-4-3-5-13(12)10-11;1-2-9-8-6-4-3-5-7-8;1-2/h11-13H,2-6,8,10H2,1H3;8H,2-7H2,1H3;2H,1H2. The van der Waals surface area contributed by atoms with Gasteiger partial charge in [-0.3, -0.25) is 0 Å². The van der Waals surface area contributed by atoms with Gasteiger partial charge in [0.1, 0.15) is 0 Å². The van der Waals surface area contributed by atoms with E-state index in [1.807, 2.05) is 6.92 Å². The normalized spacial score (nSPS) is 26.9. The van der Waals surface area contributed by atoms with Crippen molar-refractivity contribution in [2.75, 3.05) is 13.2 Å². The molecule has 5 nitrogen and oxygen atoms in total. The molecule has 0 heterocycles. The molecule has 0 saturated heterocycles. The molecule has 0 aromatic rings. The summed E-state index contributed by atoms with van der Waals surface area (Å²) < 4.78 is 10.3. The molecule has 3 fully saturated rings. The summed E-state index contributed by atoms with van der Waals surface area (Å²) in [4.78, 5) is 11.1. The Morgan fingerprint density at radius 1 is 0.926 bits per heavy atom. The maximum absolute atomic E-state index is 11.1. The summed E-state index contributed by atoms with van der Waals surface area (Å²) in [5.74, 6) is 11.1. The third-order valence-corrected chi connectivity index (χ3v) is 5.90. The maximum atomic E-state index is 11.1. The van der Waals surface area contributed by atoms with E-state index in [2.05, 4.69) is 24.7 Å². The Morgan fingerprint density at radius 3 is 2.30 bits per heavy atom. The smallest absolute Gasteiger partial charge is 0.384 e. The fourth-order valence-electron chi connectivity index (χ4n) is 4.63. The van der Waals surface area contributed by atoms with Crippen LogP contribution < -0.4 is 5.90 Å². The second-order valence-corrected chi connectivity index (χ2v) is 7.67. The van der Waals surface area contributed by atoms with Crippen LogP contribution in [0.5, 0.6) is 0 Å². The van der Waals surface area contributed by atoms with Gasteiger partial charge in [-0.1, -0.05) is 44.4 Å². The molecule has 3 rings (SSSR count). The molecule has 3 N–H and O–H groups in total. The monoisotopic (exact) mass is 381 g/mol. The van der Waals surface area contributed by atoms with Gasteiger partial charge in [-0.2, -0.15) is 0 Å². The Labute approximate surface area is 165 Å². The Bertz CT molecular complexity index is 448. The average Bonchev–Trinajstić information content (AvgIpc) is 3.18. The molecule has 0 amide bonds. The van der Waals surface area contributed by atoms with Crippen LogP contribution in [-0.2, 0) is 14.3 Å². The molecule has 3 aliphatic rings. The van der Waals surface area contributed by atoms with Crippen LogP contribution in [0.1, 0.15) is 84.5 Å². The lowest BCUT2D eigenvalue weighted by Crippen LogP contribution is -2.19. The van der Waals surface area contributed by atoms with Crippen molar-refractivity contribution in [1.29, 1.82) is 0 Å². The van der Waals surface area contributed by atoms with Crippen molar-refractivity contribution in [2.45, 2.75) is 90.6 Å². The largest absolute Gasteiger partial charge is 0.456 e. The second-order valence-electron chi connectivity index (χ2n) is 7.67. The summed E-state index contributed by atoms with van der Waals surface area (Å²) in [5.41, 5.74) is 0. The number of esters is 1. The molecule has 0 aromatic heterocycles. The number of nitrogens with two attached hydrogens (primary N) is 1. The van der Waals surface area contributed by atoms with Gasteiger partial charge in [-0.25, -0.2) is 10.7 Å². The first-order valence-electron chi connectivity index (χ1n) is 10.8. The van der Waals surface area contributed by atoms with E-state index in [0.29, 0.717) is 18.6 Å². The topological polar surface area (TPSA) is 81.8 Å². The average molecular weight is 382 g/mol. The number of carbonyl (C=O) groups is 1. The van der Waals surface area contributed by atoms with Crippen LogP contribution in [-0.4, -0.2) is 30.5 Å². The summed E-state index contributed by atoms with van der Waals surface area (Å²) in [6, 6.07) is 0. The highest BCUT2D eigenvalue weighted by molar-refractivity contribution is 5.88. The number of carbonyl (C=O) groups excluding carboxylic acids is 1. The molecule has 3 aliphatic carbocycles. The number of rotatable bonds is 3. The zero-order chi connectivity index (χ0) is 19.9. The third kappa shape index (κ3) is 9.60. The van der Waals surface area contributed by atoms with Crippen molar-refractivity contribution >= 4 is 5.97 Å². The zero-order valence-corrected chi connectivity index (χ0v) is 17.3. The van der Waals surface area contributed by atoms with Crippen molar-refractivity contribution in [1.82, 2.24) is 0 Å². The van der Waals surface area contributed by atoms with Crippen LogP contribution in [0.3, 0.4) is 0 Å². The van der Waals surface area contributed by atoms with Gasteiger partial charge in [-0.15, -0.1) is 0 Å². The third-order valence-electron chi connectivity index (χ3n) is 5.90. The van der Waals surface area contributed by atoms with E-state index < -0.39 is 0 Å². The Morgan fingerprint density at radius 2 is 1.63 bits per heavy atom. The molecule has 3 atom stereocenters. The first-order valence-corrected chi connectivity index (χ1v) is 10.8. The van der Waals surface area contributed by atoms with Crippen molar-refractivity contribution in [3.05, 3.63) is 0 Å². The Kier molecular flexibility index (Phi) is 13.2. The molecule has 0 radical (unpaired) electrons. The lowest BCUT2D eigenvalue weighted by molar-refractivity contribution is -0.136. The van der Waals surface area contributed by atoms with Gasteiger partial charge < -0.3 is 14.7 Å². The van der Waals surface area contributed by atoms with Crippen LogP contribution >= 0.6 is 0 Å². The molecule has 0 bridgehead atoms. The highest BCUT2D eigenvalue weighted by Gasteiger charge is 2.33. The Hall–Kier alpha value is -1.09. The molecular weight excluding hydrogens is 342 g/mol. The summed E-state index contributed by atoms with van der Waals surface area (Å²) in [6.07, 6.45) is 15.3. The number of fused-ring (bicyclic) bond motifs is 1. The summed E-state index contributed by atoms with van der Waals surface area (Å²) in [6.45, 7) is 5.20. The van der Waals surface area contributed by atoms with Gasteiger partial charge in [-0.05, 0) is 57.8 Å². The van der Waals surface area contributed by atoms with Crippen LogP contribution in [0, 0.1) is 29.6 Å². The van der Waals surface area contributed by atoms with Gasteiger partial charge in [0.05, 0.1) is 12.7 Å². The zero-order valence-electron chi connectivity index (χ0n) is 17.3. The van der Waals surface area contributed by atoms with Crippen molar-refractivity contribution in [3.8, 4) is 11.8 Å². The predicted octanol–water partition coefficient (Wildman–Crippen LogP) is 4.46. The first kappa shape index (κ1) is 23.9. The minimum absolute atomic E-state index is 0.365.